The minimum Gasteiger partial charge on any atom is -0.376 e. The number of nitrogens with one attached hydrogen (secondary N) is 1. The number of rotatable bonds is 8. The van der Waals surface area contributed by atoms with Gasteiger partial charge >= 0.3 is 0 Å². The van der Waals surface area contributed by atoms with Gasteiger partial charge in [-0.25, -0.2) is 4.98 Å². The summed E-state index contributed by atoms with van der Waals surface area (Å²) in [7, 11) is 0. The first-order valence-electron chi connectivity index (χ1n) is 12.0. The van der Waals surface area contributed by atoms with Crippen LogP contribution in [-0.4, -0.2) is 52.1 Å². The third-order valence-electron chi connectivity index (χ3n) is 6.11. The zero-order chi connectivity index (χ0) is 24.9. The fourth-order valence-corrected chi connectivity index (χ4v) is 5.03. The second-order valence-corrected chi connectivity index (χ2v) is 9.82. The van der Waals surface area contributed by atoms with Crippen molar-refractivity contribution in [3.05, 3.63) is 88.7 Å². The second-order valence-electron chi connectivity index (χ2n) is 8.87. The molecule has 0 saturated carbocycles. The van der Waals surface area contributed by atoms with Gasteiger partial charge in [0.05, 0.1) is 16.7 Å². The Morgan fingerprint density at radius 3 is 2.72 bits per heavy atom. The summed E-state index contributed by atoms with van der Waals surface area (Å²) in [4.78, 5) is 33.4. The number of hydrogen-bond acceptors (Lipinski definition) is 5. The lowest BCUT2D eigenvalue weighted by atomic mass is 10.2. The predicted octanol–water partition coefficient (Wildman–Crippen LogP) is 5.17. The first kappa shape index (κ1) is 24.0. The lowest BCUT2D eigenvalue weighted by Crippen LogP contribution is -2.42. The van der Waals surface area contributed by atoms with E-state index in [9.17, 15) is 9.59 Å². The number of aromatic nitrogens is 2. The minimum atomic E-state index is -0.308. The number of amides is 2. The van der Waals surface area contributed by atoms with Crippen LogP contribution < -0.4 is 5.32 Å². The Balaban J connectivity index is 1.40. The number of ether oxygens (including phenoxy) is 1. The van der Waals surface area contributed by atoms with E-state index in [0.29, 0.717) is 24.0 Å². The molecule has 1 aliphatic heterocycles. The van der Waals surface area contributed by atoms with Crippen LogP contribution in [0.1, 0.15) is 28.1 Å². The van der Waals surface area contributed by atoms with Crippen LogP contribution in [0.3, 0.4) is 0 Å². The van der Waals surface area contributed by atoms with Crippen molar-refractivity contribution >= 4 is 29.1 Å². The molecule has 0 unspecified atom stereocenters. The summed E-state index contributed by atoms with van der Waals surface area (Å²) < 4.78 is 7.63. The van der Waals surface area contributed by atoms with E-state index in [0.717, 1.165) is 35.3 Å². The molecule has 0 aliphatic carbocycles. The minimum absolute atomic E-state index is 0.0549. The first-order valence-corrected chi connectivity index (χ1v) is 12.9. The maximum atomic E-state index is 13.3. The number of hydrogen-bond donors (Lipinski definition) is 1. The van der Waals surface area contributed by atoms with Crippen LogP contribution >= 0.6 is 11.3 Å². The Kier molecular flexibility index (Phi) is 7.25. The molecule has 1 aliphatic rings. The van der Waals surface area contributed by atoms with Gasteiger partial charge in [0.1, 0.15) is 6.54 Å². The average molecular weight is 501 g/mol. The molecule has 1 saturated heterocycles. The number of imidazole rings is 1. The number of carbonyl (C=O) groups excluding carboxylic acids is 2. The number of nitrogens with zero attached hydrogens (tertiary/aromatic N) is 3. The quantitative estimate of drug-likeness (QED) is 0.362. The number of anilines is 1. The summed E-state index contributed by atoms with van der Waals surface area (Å²) in [5, 5.41) is 4.82. The molecular weight excluding hydrogens is 472 g/mol. The molecule has 0 radical (unpaired) electrons. The van der Waals surface area contributed by atoms with Gasteiger partial charge in [0.15, 0.2) is 0 Å². The van der Waals surface area contributed by atoms with E-state index < -0.39 is 0 Å². The smallest absolute Gasteiger partial charge is 0.264 e. The van der Waals surface area contributed by atoms with Crippen LogP contribution in [-0.2, 0) is 9.53 Å². The molecule has 0 spiro atoms. The van der Waals surface area contributed by atoms with Crippen molar-refractivity contribution in [2.75, 3.05) is 25.0 Å². The number of carbonyl (C=O) groups is 2. The van der Waals surface area contributed by atoms with Gasteiger partial charge in [0, 0.05) is 30.6 Å². The van der Waals surface area contributed by atoms with Gasteiger partial charge in [-0.05, 0) is 48.9 Å². The van der Waals surface area contributed by atoms with Gasteiger partial charge in [-0.15, -0.1) is 11.3 Å². The number of aryl methyl sites for hydroxylation is 1. The SMILES string of the molecule is Cc1cccc(-n2cc(-c3ccccc3)nc2NC(=O)CN(C[C@@H]2CCCO2)C(=O)c2cccs2)c1. The zero-order valence-corrected chi connectivity index (χ0v) is 20.9. The Morgan fingerprint density at radius 2 is 2.00 bits per heavy atom. The summed E-state index contributed by atoms with van der Waals surface area (Å²) in [6, 6.07) is 21.5. The fourth-order valence-electron chi connectivity index (χ4n) is 4.34. The van der Waals surface area contributed by atoms with Crippen LogP contribution in [0, 0.1) is 6.92 Å². The lowest BCUT2D eigenvalue weighted by molar-refractivity contribution is -0.117. The highest BCUT2D eigenvalue weighted by Crippen LogP contribution is 2.25. The van der Waals surface area contributed by atoms with Crippen LogP contribution in [0.15, 0.2) is 78.3 Å². The molecule has 8 heteroatoms. The largest absolute Gasteiger partial charge is 0.376 e. The normalized spacial score (nSPS) is 15.1. The van der Waals surface area contributed by atoms with Crippen molar-refractivity contribution in [3.63, 3.8) is 0 Å². The number of thiophene rings is 1. The van der Waals surface area contributed by atoms with Crippen molar-refractivity contribution < 1.29 is 14.3 Å². The average Bonchev–Trinajstić information content (AvgIpc) is 3.66. The van der Waals surface area contributed by atoms with Crippen LogP contribution in [0.5, 0.6) is 0 Å². The van der Waals surface area contributed by atoms with E-state index in [1.165, 1.54) is 11.3 Å². The lowest BCUT2D eigenvalue weighted by Gasteiger charge is -2.24. The van der Waals surface area contributed by atoms with E-state index in [4.69, 9.17) is 9.72 Å². The standard InChI is InChI=1S/C28H28N4O3S/c1-20-8-5-11-22(16-20)32-18-24(21-9-3-2-4-10-21)29-28(32)30-26(33)19-31(17-23-12-6-14-35-23)27(34)25-13-7-15-36-25/h2-5,7-11,13,15-16,18,23H,6,12,14,17,19H2,1H3,(H,29,30,33)/t23-/m0/s1. The summed E-state index contributed by atoms with van der Waals surface area (Å²) in [5.41, 5.74) is 3.69. The highest BCUT2D eigenvalue weighted by Gasteiger charge is 2.26. The van der Waals surface area contributed by atoms with E-state index in [2.05, 4.69) is 5.32 Å². The molecule has 0 bridgehead atoms. The van der Waals surface area contributed by atoms with E-state index in [1.54, 1.807) is 11.0 Å². The van der Waals surface area contributed by atoms with Crippen molar-refractivity contribution in [2.45, 2.75) is 25.9 Å². The van der Waals surface area contributed by atoms with Crippen molar-refractivity contribution in [1.29, 1.82) is 0 Å². The molecule has 3 heterocycles. The van der Waals surface area contributed by atoms with Gasteiger partial charge in [-0.2, -0.15) is 0 Å². The van der Waals surface area contributed by atoms with E-state index in [-0.39, 0.29) is 24.5 Å². The molecule has 1 fully saturated rings. The predicted molar refractivity (Wildman–Crippen MR) is 142 cm³/mol. The molecule has 7 nitrogen and oxygen atoms in total. The van der Waals surface area contributed by atoms with E-state index in [1.807, 2.05) is 83.7 Å². The van der Waals surface area contributed by atoms with Crippen LogP contribution in [0.4, 0.5) is 5.95 Å². The molecule has 2 aromatic heterocycles. The monoisotopic (exact) mass is 500 g/mol. The second kappa shape index (κ2) is 10.9. The molecule has 36 heavy (non-hydrogen) atoms. The third kappa shape index (κ3) is 5.56. The Bertz CT molecular complexity index is 1330. The van der Waals surface area contributed by atoms with Crippen molar-refractivity contribution in [2.24, 2.45) is 0 Å². The number of benzene rings is 2. The van der Waals surface area contributed by atoms with Gasteiger partial charge in [0.2, 0.25) is 11.9 Å². The Labute approximate surface area is 214 Å². The van der Waals surface area contributed by atoms with E-state index >= 15 is 0 Å². The maximum Gasteiger partial charge on any atom is 0.264 e. The van der Waals surface area contributed by atoms with Gasteiger partial charge in [-0.1, -0.05) is 48.5 Å². The summed E-state index contributed by atoms with van der Waals surface area (Å²) >= 11 is 1.37. The molecule has 2 aromatic carbocycles. The van der Waals surface area contributed by atoms with Crippen LogP contribution in [0.25, 0.3) is 16.9 Å². The first-order chi connectivity index (χ1) is 17.6. The molecule has 5 rings (SSSR count). The molecule has 184 valence electrons. The zero-order valence-electron chi connectivity index (χ0n) is 20.1. The fraction of sp³-hybridized carbons (Fsp3) is 0.250. The topological polar surface area (TPSA) is 76.5 Å². The van der Waals surface area contributed by atoms with Gasteiger partial charge in [0.25, 0.3) is 5.91 Å². The van der Waals surface area contributed by atoms with Crippen LogP contribution in [0.2, 0.25) is 0 Å². The molecule has 1 atom stereocenters. The van der Waals surface area contributed by atoms with Crippen molar-refractivity contribution in [3.8, 4) is 16.9 Å². The third-order valence-corrected chi connectivity index (χ3v) is 6.97. The molecule has 1 N–H and O–H groups in total. The van der Waals surface area contributed by atoms with Gasteiger partial charge in [-0.3, -0.25) is 19.5 Å². The highest BCUT2D eigenvalue weighted by molar-refractivity contribution is 7.12. The van der Waals surface area contributed by atoms with Crippen molar-refractivity contribution in [1.82, 2.24) is 14.5 Å². The Morgan fingerprint density at radius 1 is 1.14 bits per heavy atom. The molecule has 4 aromatic rings. The molecular formula is C28H28N4O3S. The highest BCUT2D eigenvalue weighted by atomic mass is 32.1. The summed E-state index contributed by atoms with van der Waals surface area (Å²) in [5.74, 6) is -0.0650. The molecule has 2 amide bonds. The van der Waals surface area contributed by atoms with Gasteiger partial charge < -0.3 is 9.64 Å². The maximum absolute atomic E-state index is 13.3. The summed E-state index contributed by atoms with van der Waals surface area (Å²) in [6.45, 7) is 3.01. The summed E-state index contributed by atoms with van der Waals surface area (Å²) in [6.07, 6.45) is 3.71. The Hall–Kier alpha value is -3.75.